The third-order valence-corrected chi connectivity index (χ3v) is 3.15. The molecule has 1 heterocycles. The number of carbonyl (C=O) groups excluding carboxylic acids is 1. The number of nitrogens with zero attached hydrogens (tertiary/aromatic N) is 2. The molecule has 0 radical (unpaired) electrons. The van der Waals surface area contributed by atoms with Crippen LogP contribution in [-0.2, 0) is 4.79 Å². The molecule has 0 atom stereocenters. The third-order valence-electron chi connectivity index (χ3n) is 3.15. The minimum Gasteiger partial charge on any atom is -0.306 e. The van der Waals surface area contributed by atoms with Crippen LogP contribution in [0.25, 0.3) is 11.3 Å². The molecule has 1 amide bonds. The van der Waals surface area contributed by atoms with Gasteiger partial charge < -0.3 is 5.32 Å². The van der Waals surface area contributed by atoms with Gasteiger partial charge in [-0.1, -0.05) is 31.0 Å². The molecule has 0 spiro atoms. The number of benzene rings is 1. The van der Waals surface area contributed by atoms with Gasteiger partial charge in [0.1, 0.15) is 0 Å². The van der Waals surface area contributed by atoms with Gasteiger partial charge >= 0.3 is 0 Å². The maximum absolute atomic E-state index is 11.8. The van der Waals surface area contributed by atoms with E-state index < -0.39 is 0 Å². The maximum Gasteiger partial charge on any atom is 0.225 e. The highest BCUT2D eigenvalue weighted by molar-refractivity contribution is 5.93. The summed E-state index contributed by atoms with van der Waals surface area (Å²) in [5, 5.41) is 10.5. The van der Waals surface area contributed by atoms with Crippen LogP contribution in [0.3, 0.4) is 0 Å². The van der Waals surface area contributed by atoms with Gasteiger partial charge in [-0.05, 0) is 42.2 Å². The molecule has 2 rings (SSSR count). The fraction of sp³-hybridized carbons (Fsp3) is 0.400. The molecule has 106 valence electrons. The van der Waals surface area contributed by atoms with E-state index in [1.165, 1.54) is 0 Å². The first-order valence-electron chi connectivity index (χ1n) is 6.82. The van der Waals surface area contributed by atoms with Crippen LogP contribution in [0, 0.1) is 13.8 Å². The lowest BCUT2D eigenvalue weighted by Gasteiger charge is -2.06. The van der Waals surface area contributed by atoms with Crippen LogP contribution < -0.4 is 5.32 Å². The number of aromatic nitrogens is 2. The van der Waals surface area contributed by atoms with Gasteiger partial charge in [-0.3, -0.25) is 4.79 Å². The summed E-state index contributed by atoms with van der Waals surface area (Å²) in [5.41, 5.74) is 3.69. The fourth-order valence-corrected chi connectivity index (χ4v) is 1.97. The van der Waals surface area contributed by atoms with Crippen LogP contribution >= 0.6 is 0 Å². The van der Waals surface area contributed by atoms with Crippen molar-refractivity contribution < 1.29 is 9.42 Å². The Morgan fingerprint density at radius 1 is 1.30 bits per heavy atom. The van der Waals surface area contributed by atoms with Gasteiger partial charge in [0.2, 0.25) is 11.7 Å². The molecule has 20 heavy (non-hydrogen) atoms. The second-order valence-electron chi connectivity index (χ2n) is 4.93. The molecule has 0 aliphatic carbocycles. The Labute approximate surface area is 118 Å². The zero-order chi connectivity index (χ0) is 14.5. The highest BCUT2D eigenvalue weighted by Crippen LogP contribution is 2.28. The van der Waals surface area contributed by atoms with Gasteiger partial charge in [-0.2, -0.15) is 0 Å². The number of carbonyl (C=O) groups is 1. The van der Waals surface area contributed by atoms with Crippen LogP contribution in [0.5, 0.6) is 0 Å². The Morgan fingerprint density at radius 2 is 2.10 bits per heavy atom. The Kier molecular flexibility index (Phi) is 4.50. The summed E-state index contributed by atoms with van der Waals surface area (Å²) in [6, 6.07) is 6.06. The third kappa shape index (κ3) is 3.23. The van der Waals surface area contributed by atoms with Crippen LogP contribution in [0.4, 0.5) is 5.82 Å². The smallest absolute Gasteiger partial charge is 0.225 e. The van der Waals surface area contributed by atoms with Gasteiger partial charge in [0.05, 0.1) is 0 Å². The SMILES string of the molecule is CCCCC(=O)Nc1nonc1-c1cc(C)ccc1C. The lowest BCUT2D eigenvalue weighted by atomic mass is 10.0. The minimum atomic E-state index is -0.0610. The largest absolute Gasteiger partial charge is 0.306 e. The lowest BCUT2D eigenvalue weighted by Crippen LogP contribution is -2.12. The van der Waals surface area contributed by atoms with Crippen molar-refractivity contribution in [1.82, 2.24) is 10.3 Å². The molecule has 0 aliphatic heterocycles. The van der Waals surface area contributed by atoms with Gasteiger partial charge in [-0.25, -0.2) is 4.63 Å². The topological polar surface area (TPSA) is 68.0 Å². The Balaban J connectivity index is 2.24. The number of anilines is 1. The molecular formula is C15H19N3O2. The van der Waals surface area contributed by atoms with Crippen molar-refractivity contribution in [3.63, 3.8) is 0 Å². The van der Waals surface area contributed by atoms with E-state index in [2.05, 4.69) is 15.6 Å². The van der Waals surface area contributed by atoms with E-state index >= 15 is 0 Å². The molecule has 2 aromatic rings. The molecule has 0 aliphatic rings. The van der Waals surface area contributed by atoms with E-state index in [9.17, 15) is 4.79 Å². The average Bonchev–Trinajstić information content (AvgIpc) is 2.87. The average molecular weight is 273 g/mol. The van der Waals surface area contributed by atoms with Crippen molar-refractivity contribution in [2.45, 2.75) is 40.0 Å². The van der Waals surface area contributed by atoms with E-state index in [0.29, 0.717) is 17.9 Å². The van der Waals surface area contributed by atoms with Crippen molar-refractivity contribution in [2.75, 3.05) is 5.32 Å². The van der Waals surface area contributed by atoms with E-state index in [0.717, 1.165) is 29.5 Å². The summed E-state index contributed by atoms with van der Waals surface area (Å²) in [6.07, 6.45) is 2.32. The molecule has 1 N–H and O–H groups in total. The molecular weight excluding hydrogens is 254 g/mol. The summed E-state index contributed by atoms with van der Waals surface area (Å²) in [5.74, 6) is 0.328. The lowest BCUT2D eigenvalue weighted by molar-refractivity contribution is -0.116. The molecule has 1 aromatic carbocycles. The Bertz CT molecular complexity index is 605. The predicted octanol–water partition coefficient (Wildman–Crippen LogP) is 3.48. The van der Waals surface area contributed by atoms with Gasteiger partial charge in [0.15, 0.2) is 5.69 Å². The van der Waals surface area contributed by atoms with Crippen LogP contribution in [-0.4, -0.2) is 16.2 Å². The van der Waals surface area contributed by atoms with E-state index in [1.807, 2.05) is 39.0 Å². The van der Waals surface area contributed by atoms with Crippen LogP contribution in [0.1, 0.15) is 37.3 Å². The molecule has 5 heteroatoms. The Hall–Kier alpha value is -2.17. The number of aryl methyl sites for hydroxylation is 2. The molecule has 0 saturated carbocycles. The van der Waals surface area contributed by atoms with Gasteiger partial charge in [0.25, 0.3) is 0 Å². The first-order valence-corrected chi connectivity index (χ1v) is 6.82. The second kappa shape index (κ2) is 6.32. The zero-order valence-electron chi connectivity index (χ0n) is 12.1. The maximum atomic E-state index is 11.8. The quantitative estimate of drug-likeness (QED) is 0.905. The number of rotatable bonds is 5. The van der Waals surface area contributed by atoms with E-state index in [-0.39, 0.29) is 5.91 Å². The molecule has 0 unspecified atom stereocenters. The van der Waals surface area contributed by atoms with Crippen molar-refractivity contribution in [3.05, 3.63) is 29.3 Å². The summed E-state index contributed by atoms with van der Waals surface area (Å²) in [7, 11) is 0. The number of hydrogen-bond acceptors (Lipinski definition) is 4. The first-order chi connectivity index (χ1) is 9.61. The molecule has 5 nitrogen and oxygen atoms in total. The fourth-order valence-electron chi connectivity index (χ4n) is 1.97. The van der Waals surface area contributed by atoms with E-state index in [4.69, 9.17) is 4.63 Å². The molecule has 0 saturated heterocycles. The van der Waals surface area contributed by atoms with Crippen molar-refractivity contribution in [1.29, 1.82) is 0 Å². The second-order valence-corrected chi connectivity index (χ2v) is 4.93. The normalized spacial score (nSPS) is 10.6. The molecule has 0 bridgehead atoms. The highest BCUT2D eigenvalue weighted by Gasteiger charge is 2.16. The zero-order valence-corrected chi connectivity index (χ0v) is 12.1. The number of hydrogen-bond donors (Lipinski definition) is 1. The first kappa shape index (κ1) is 14.2. The van der Waals surface area contributed by atoms with Crippen LogP contribution in [0.15, 0.2) is 22.8 Å². The number of nitrogens with one attached hydrogen (secondary N) is 1. The van der Waals surface area contributed by atoms with Crippen molar-refractivity contribution >= 4 is 11.7 Å². The van der Waals surface area contributed by atoms with Crippen LogP contribution in [0.2, 0.25) is 0 Å². The van der Waals surface area contributed by atoms with Gasteiger partial charge in [-0.15, -0.1) is 0 Å². The minimum absolute atomic E-state index is 0.0610. The number of unbranched alkanes of at least 4 members (excludes halogenated alkanes) is 1. The summed E-state index contributed by atoms with van der Waals surface area (Å²) in [4.78, 5) is 11.8. The van der Waals surface area contributed by atoms with Crippen molar-refractivity contribution in [2.24, 2.45) is 0 Å². The standard InChI is InChI=1S/C15H19N3O2/c1-4-5-6-13(19)16-15-14(17-20-18-15)12-9-10(2)7-8-11(12)3/h7-9H,4-6H2,1-3H3,(H,16,18,19). The monoisotopic (exact) mass is 273 g/mol. The van der Waals surface area contributed by atoms with Gasteiger partial charge in [0, 0.05) is 12.0 Å². The Morgan fingerprint density at radius 3 is 2.85 bits per heavy atom. The summed E-state index contributed by atoms with van der Waals surface area (Å²) < 4.78 is 4.79. The van der Waals surface area contributed by atoms with Crippen molar-refractivity contribution in [3.8, 4) is 11.3 Å². The summed E-state index contributed by atoms with van der Waals surface area (Å²) in [6.45, 7) is 6.05. The van der Waals surface area contributed by atoms with E-state index in [1.54, 1.807) is 0 Å². The molecule has 0 fully saturated rings. The molecule has 1 aromatic heterocycles. The number of amides is 1. The summed E-state index contributed by atoms with van der Waals surface area (Å²) >= 11 is 0. The predicted molar refractivity (Wildman–Crippen MR) is 77.4 cm³/mol. The highest BCUT2D eigenvalue weighted by atomic mass is 16.6.